The maximum atomic E-state index is 12.6. The fraction of sp³-hybridized carbons (Fsp3) is 0.333. The first kappa shape index (κ1) is 24.3. The molecule has 0 aromatic heterocycles. The van der Waals surface area contributed by atoms with E-state index < -0.39 is 22.5 Å². The quantitative estimate of drug-likeness (QED) is 0.448. The standard InChI is InChI=1S/C27H29N3O5S/c1-19-6-8-22(9-7-19)25-29-23(18-36(25)34-26(32)27(33)35-36)20-10-12-21(13-11-20)24(31)28-14-5-17-30-15-3-2-4-16-30/h6-13,18H,2-5,14-17H2,1H3,(H,28,31). The van der Waals surface area contributed by atoms with Gasteiger partial charge in [0.25, 0.3) is 5.91 Å². The average Bonchev–Trinajstić information content (AvgIpc) is 3.40. The Morgan fingerprint density at radius 3 is 2.25 bits per heavy atom. The second kappa shape index (κ2) is 10.3. The zero-order chi connectivity index (χ0) is 25.1. The highest BCUT2D eigenvalue weighted by Gasteiger charge is 2.47. The predicted molar refractivity (Wildman–Crippen MR) is 139 cm³/mol. The lowest BCUT2D eigenvalue weighted by molar-refractivity contribution is -0.150. The normalized spacial score (nSPS) is 19.9. The van der Waals surface area contributed by atoms with Crippen molar-refractivity contribution in [3.63, 3.8) is 0 Å². The van der Waals surface area contributed by atoms with E-state index in [0.717, 1.165) is 37.2 Å². The van der Waals surface area contributed by atoms with Crippen molar-refractivity contribution in [1.29, 1.82) is 0 Å². The van der Waals surface area contributed by atoms with Crippen LogP contribution >= 0.6 is 10.6 Å². The van der Waals surface area contributed by atoms with E-state index in [9.17, 15) is 14.4 Å². The Bertz CT molecular complexity index is 1220. The number of hydrogen-bond acceptors (Lipinski definition) is 7. The molecule has 8 nitrogen and oxygen atoms in total. The van der Waals surface area contributed by atoms with E-state index in [1.807, 2.05) is 31.2 Å². The van der Waals surface area contributed by atoms with Crippen LogP contribution in [0.1, 0.15) is 52.7 Å². The van der Waals surface area contributed by atoms with Gasteiger partial charge in [0.05, 0.1) is 11.1 Å². The molecule has 1 amide bonds. The number of piperidine rings is 1. The van der Waals surface area contributed by atoms with E-state index in [0.29, 0.717) is 28.4 Å². The van der Waals surface area contributed by atoms with E-state index in [-0.39, 0.29) is 5.91 Å². The van der Waals surface area contributed by atoms with Gasteiger partial charge in [0, 0.05) is 23.2 Å². The summed E-state index contributed by atoms with van der Waals surface area (Å²) in [7, 11) is -2.77. The molecule has 1 N–H and O–H groups in total. The number of nitrogens with one attached hydrogen (secondary N) is 1. The number of carbonyl (C=O) groups excluding carboxylic acids is 3. The van der Waals surface area contributed by atoms with Crippen molar-refractivity contribution in [2.45, 2.75) is 32.6 Å². The van der Waals surface area contributed by atoms with Crippen LogP contribution in [0.5, 0.6) is 0 Å². The van der Waals surface area contributed by atoms with Crippen LogP contribution in [0.25, 0.3) is 5.70 Å². The lowest BCUT2D eigenvalue weighted by Gasteiger charge is -2.29. The monoisotopic (exact) mass is 507 g/mol. The summed E-state index contributed by atoms with van der Waals surface area (Å²) in [6.07, 6.45) is 4.77. The molecule has 3 aliphatic rings. The lowest BCUT2D eigenvalue weighted by Crippen LogP contribution is -2.33. The van der Waals surface area contributed by atoms with Crippen LogP contribution in [0, 0.1) is 6.92 Å². The predicted octanol–water partition coefficient (Wildman–Crippen LogP) is 4.09. The number of hydrogen-bond donors (Lipinski definition) is 1. The number of likely N-dealkylation sites (tertiary alicyclic amines) is 1. The second-order valence-electron chi connectivity index (χ2n) is 9.16. The fourth-order valence-corrected chi connectivity index (χ4v) is 6.64. The molecule has 0 unspecified atom stereocenters. The Kier molecular flexibility index (Phi) is 6.93. The molecule has 2 aromatic rings. The second-order valence-corrected chi connectivity index (χ2v) is 11.2. The molecular formula is C27H29N3O5S. The van der Waals surface area contributed by atoms with Crippen LogP contribution < -0.4 is 5.32 Å². The summed E-state index contributed by atoms with van der Waals surface area (Å²) in [5, 5.41) is 5.01. The van der Waals surface area contributed by atoms with Gasteiger partial charge in [-0.3, -0.25) is 4.79 Å². The third kappa shape index (κ3) is 5.08. The van der Waals surface area contributed by atoms with E-state index in [2.05, 4.69) is 10.2 Å². The van der Waals surface area contributed by atoms with Gasteiger partial charge in [-0.15, -0.1) is 0 Å². The summed E-state index contributed by atoms with van der Waals surface area (Å²) in [5.74, 6) is -2.16. The van der Waals surface area contributed by atoms with Gasteiger partial charge in [0.2, 0.25) is 0 Å². The molecule has 2 aromatic carbocycles. The van der Waals surface area contributed by atoms with Crippen LogP contribution in [0.15, 0.2) is 58.9 Å². The first-order chi connectivity index (χ1) is 17.4. The molecule has 3 heterocycles. The highest BCUT2D eigenvalue weighted by Crippen LogP contribution is 2.63. The summed E-state index contributed by atoms with van der Waals surface area (Å²) in [4.78, 5) is 43.6. The van der Waals surface area contributed by atoms with Gasteiger partial charge >= 0.3 is 11.9 Å². The van der Waals surface area contributed by atoms with Crippen molar-refractivity contribution in [2.24, 2.45) is 4.99 Å². The molecular weight excluding hydrogens is 478 g/mol. The van der Waals surface area contributed by atoms with E-state index in [4.69, 9.17) is 13.4 Å². The highest BCUT2D eigenvalue weighted by atomic mass is 32.3. The maximum Gasteiger partial charge on any atom is 0.442 e. The minimum absolute atomic E-state index is 0.120. The summed E-state index contributed by atoms with van der Waals surface area (Å²) >= 11 is 0. The van der Waals surface area contributed by atoms with Crippen LogP contribution in [-0.4, -0.2) is 54.0 Å². The molecule has 5 rings (SSSR count). The van der Waals surface area contributed by atoms with Gasteiger partial charge in [-0.2, -0.15) is 0 Å². The Morgan fingerprint density at radius 1 is 0.944 bits per heavy atom. The number of benzene rings is 2. The maximum absolute atomic E-state index is 12.6. The third-order valence-corrected chi connectivity index (χ3v) is 8.65. The lowest BCUT2D eigenvalue weighted by atomic mass is 10.1. The van der Waals surface area contributed by atoms with Gasteiger partial charge in [-0.25, -0.2) is 14.6 Å². The van der Waals surface area contributed by atoms with Crippen molar-refractivity contribution < 1.29 is 22.7 Å². The smallest absolute Gasteiger partial charge is 0.352 e. The average molecular weight is 508 g/mol. The summed E-state index contributed by atoms with van der Waals surface area (Å²) in [6, 6.07) is 14.6. The zero-order valence-corrected chi connectivity index (χ0v) is 21.0. The van der Waals surface area contributed by atoms with Crippen molar-refractivity contribution in [3.8, 4) is 0 Å². The van der Waals surface area contributed by atoms with Gasteiger partial charge in [0.1, 0.15) is 0 Å². The largest absolute Gasteiger partial charge is 0.442 e. The van der Waals surface area contributed by atoms with Crippen molar-refractivity contribution in [1.82, 2.24) is 10.2 Å². The van der Waals surface area contributed by atoms with Gasteiger partial charge in [-0.1, -0.05) is 48.4 Å². The van der Waals surface area contributed by atoms with Crippen LogP contribution in [0.3, 0.4) is 0 Å². The number of nitrogens with zero attached hydrogens (tertiary/aromatic N) is 2. The number of carbonyl (C=O) groups is 3. The molecule has 1 spiro atoms. The molecule has 2 saturated heterocycles. The van der Waals surface area contributed by atoms with Crippen molar-refractivity contribution >= 4 is 39.2 Å². The fourth-order valence-electron chi connectivity index (χ4n) is 4.48. The molecule has 0 saturated carbocycles. The summed E-state index contributed by atoms with van der Waals surface area (Å²) in [5.41, 5.74) is 3.58. The SMILES string of the molecule is Cc1ccc(C2=NC(c3ccc(C(=O)NCCCN4CCCCC4)cc3)=CS23OC(=O)C(=O)O3)cc1. The first-order valence-corrected chi connectivity index (χ1v) is 13.8. The van der Waals surface area contributed by atoms with Crippen molar-refractivity contribution in [2.75, 3.05) is 26.2 Å². The highest BCUT2D eigenvalue weighted by molar-refractivity contribution is 8.42. The number of amides is 1. The minimum Gasteiger partial charge on any atom is -0.352 e. The first-order valence-electron chi connectivity index (χ1n) is 12.2. The molecule has 2 fully saturated rings. The van der Waals surface area contributed by atoms with Crippen molar-refractivity contribution in [3.05, 3.63) is 76.2 Å². The van der Waals surface area contributed by atoms with Gasteiger partial charge < -0.3 is 18.6 Å². The van der Waals surface area contributed by atoms with E-state index in [1.165, 1.54) is 19.3 Å². The van der Waals surface area contributed by atoms with Gasteiger partial charge in [0.15, 0.2) is 5.04 Å². The molecule has 0 bridgehead atoms. The number of aliphatic imine (C=N–C) groups is 1. The number of aryl methyl sites for hydroxylation is 1. The Balaban J connectivity index is 1.28. The molecule has 3 aliphatic heterocycles. The molecule has 0 radical (unpaired) electrons. The van der Waals surface area contributed by atoms with E-state index in [1.54, 1.807) is 29.7 Å². The van der Waals surface area contributed by atoms with Crippen LogP contribution in [0.2, 0.25) is 0 Å². The third-order valence-electron chi connectivity index (χ3n) is 6.45. The Morgan fingerprint density at radius 2 is 1.58 bits per heavy atom. The number of rotatable bonds is 7. The molecule has 9 heteroatoms. The molecule has 188 valence electrons. The van der Waals surface area contributed by atoms with Crippen LogP contribution in [0.4, 0.5) is 0 Å². The molecule has 0 atom stereocenters. The minimum atomic E-state index is -2.77. The molecule has 36 heavy (non-hydrogen) atoms. The van der Waals surface area contributed by atoms with Gasteiger partial charge in [-0.05, 0) is 68.5 Å². The topological polar surface area (TPSA) is 97.3 Å². The molecule has 0 aliphatic carbocycles. The Hall–Kier alpha value is -3.43. The zero-order valence-electron chi connectivity index (χ0n) is 20.2. The van der Waals surface area contributed by atoms with E-state index >= 15 is 0 Å². The Labute approximate surface area is 212 Å². The summed E-state index contributed by atoms with van der Waals surface area (Å²) < 4.78 is 10.9. The van der Waals surface area contributed by atoms with Crippen LogP contribution in [-0.2, 0) is 18.0 Å². The summed E-state index contributed by atoms with van der Waals surface area (Å²) in [6.45, 7) is 5.92.